The maximum atomic E-state index is 11.9. The molecule has 12 nitrogen and oxygen atoms in total. The van der Waals surface area contributed by atoms with E-state index in [0.29, 0.717) is 22.4 Å². The molecule has 3 aromatic rings. The van der Waals surface area contributed by atoms with Crippen molar-refractivity contribution in [3.05, 3.63) is 48.3 Å². The first-order valence-corrected chi connectivity index (χ1v) is 8.78. The largest absolute Gasteiger partial charge is 0.457 e. The summed E-state index contributed by atoms with van der Waals surface area (Å²) in [7, 11) is 1.22. The topological polar surface area (TPSA) is 181 Å². The SMILES string of the molecule is COC(=O)n1cc(C(N)=O)c2cc(Oc3ccnc(NC(=O)NCC(N)=O)c3)ccc21. The van der Waals surface area contributed by atoms with Crippen LogP contribution in [0, 0.1) is 0 Å². The van der Waals surface area contributed by atoms with Crippen LogP contribution in [0.1, 0.15) is 10.4 Å². The van der Waals surface area contributed by atoms with Gasteiger partial charge < -0.3 is 26.3 Å². The summed E-state index contributed by atoms with van der Waals surface area (Å²) in [6.45, 7) is -0.324. The number of primary amides is 2. The number of ether oxygens (including phenoxy) is 2. The number of aromatic nitrogens is 2. The van der Waals surface area contributed by atoms with Gasteiger partial charge in [-0.1, -0.05) is 0 Å². The van der Waals surface area contributed by atoms with Gasteiger partial charge in [0.05, 0.1) is 24.7 Å². The van der Waals surface area contributed by atoms with E-state index in [2.05, 4.69) is 15.6 Å². The molecule has 160 valence electrons. The molecule has 0 radical (unpaired) electrons. The summed E-state index contributed by atoms with van der Waals surface area (Å²) >= 11 is 0. The van der Waals surface area contributed by atoms with E-state index in [9.17, 15) is 19.2 Å². The second kappa shape index (κ2) is 8.82. The molecule has 0 bridgehead atoms. The van der Waals surface area contributed by atoms with E-state index in [1.165, 1.54) is 30.1 Å². The summed E-state index contributed by atoms with van der Waals surface area (Å²) < 4.78 is 11.6. The average Bonchev–Trinajstić information content (AvgIpc) is 3.11. The van der Waals surface area contributed by atoms with Gasteiger partial charge in [-0.05, 0) is 24.3 Å². The second-order valence-electron chi connectivity index (χ2n) is 6.18. The standard InChI is InChI=1S/C19H18N6O6/c1-30-19(29)25-9-13(17(21)27)12-6-10(2-3-14(12)25)31-11-4-5-22-16(7-11)24-18(28)23-8-15(20)26/h2-7,9H,8H2,1H3,(H2,20,26)(H2,21,27)(H2,22,23,24,28). The molecular weight excluding hydrogens is 408 g/mol. The Morgan fingerprint density at radius 3 is 2.52 bits per heavy atom. The first-order chi connectivity index (χ1) is 14.8. The lowest BCUT2D eigenvalue weighted by Crippen LogP contribution is -2.36. The molecule has 0 atom stereocenters. The summed E-state index contributed by atoms with van der Waals surface area (Å²) in [5.41, 5.74) is 10.9. The van der Waals surface area contributed by atoms with Gasteiger partial charge in [0, 0.05) is 23.8 Å². The van der Waals surface area contributed by atoms with Crippen LogP contribution in [-0.2, 0) is 9.53 Å². The molecule has 0 unspecified atom stereocenters. The number of anilines is 1. The van der Waals surface area contributed by atoms with Gasteiger partial charge in [-0.15, -0.1) is 0 Å². The van der Waals surface area contributed by atoms with Crippen molar-refractivity contribution in [1.29, 1.82) is 0 Å². The number of methoxy groups -OCH3 is 1. The van der Waals surface area contributed by atoms with Gasteiger partial charge in [0.2, 0.25) is 5.91 Å². The highest BCUT2D eigenvalue weighted by molar-refractivity contribution is 6.08. The Balaban J connectivity index is 1.84. The second-order valence-corrected chi connectivity index (χ2v) is 6.18. The maximum Gasteiger partial charge on any atom is 0.418 e. The number of rotatable bonds is 6. The molecular formula is C19H18N6O6. The molecule has 0 fully saturated rings. The number of amides is 4. The number of fused-ring (bicyclic) bond motifs is 1. The number of nitrogens with one attached hydrogen (secondary N) is 2. The maximum absolute atomic E-state index is 11.9. The quantitative estimate of drug-likeness (QED) is 0.456. The van der Waals surface area contributed by atoms with Crippen LogP contribution >= 0.6 is 0 Å². The number of pyridine rings is 1. The minimum absolute atomic E-state index is 0.119. The number of urea groups is 1. The highest BCUT2D eigenvalue weighted by Crippen LogP contribution is 2.29. The van der Waals surface area contributed by atoms with E-state index in [4.69, 9.17) is 20.9 Å². The molecule has 3 rings (SSSR count). The number of hydrogen-bond acceptors (Lipinski definition) is 7. The first kappa shape index (κ1) is 21.1. The summed E-state index contributed by atoms with van der Waals surface area (Å²) in [4.78, 5) is 50.1. The third kappa shape index (κ3) is 4.87. The minimum Gasteiger partial charge on any atom is -0.457 e. The highest BCUT2D eigenvalue weighted by atomic mass is 16.5. The lowest BCUT2D eigenvalue weighted by atomic mass is 10.1. The van der Waals surface area contributed by atoms with Gasteiger partial charge in [0.15, 0.2) is 0 Å². The van der Waals surface area contributed by atoms with Crippen molar-refractivity contribution in [2.75, 3.05) is 19.0 Å². The normalized spacial score (nSPS) is 10.4. The van der Waals surface area contributed by atoms with E-state index >= 15 is 0 Å². The monoisotopic (exact) mass is 426 g/mol. The molecule has 4 amide bonds. The van der Waals surface area contributed by atoms with E-state index in [0.717, 1.165) is 0 Å². The Morgan fingerprint density at radius 1 is 1.10 bits per heavy atom. The fourth-order valence-corrected chi connectivity index (χ4v) is 2.73. The highest BCUT2D eigenvalue weighted by Gasteiger charge is 2.18. The molecule has 1 aromatic carbocycles. The molecule has 0 saturated carbocycles. The van der Waals surface area contributed by atoms with Gasteiger partial charge in [0.25, 0.3) is 5.91 Å². The lowest BCUT2D eigenvalue weighted by Gasteiger charge is -2.09. The number of carbonyl (C=O) groups excluding carboxylic acids is 4. The van der Waals surface area contributed by atoms with Gasteiger partial charge >= 0.3 is 12.1 Å². The van der Waals surface area contributed by atoms with Gasteiger partial charge in [0.1, 0.15) is 17.3 Å². The zero-order valence-electron chi connectivity index (χ0n) is 16.2. The summed E-state index contributed by atoms with van der Waals surface area (Å²) in [5.74, 6) is -0.579. The van der Waals surface area contributed by atoms with Gasteiger partial charge in [-0.3, -0.25) is 19.5 Å². The Hall–Kier alpha value is -4.61. The fourth-order valence-electron chi connectivity index (χ4n) is 2.73. The molecule has 0 aliphatic heterocycles. The number of hydrogen-bond donors (Lipinski definition) is 4. The van der Waals surface area contributed by atoms with Crippen LogP contribution < -0.4 is 26.8 Å². The Morgan fingerprint density at radius 2 is 1.84 bits per heavy atom. The van der Waals surface area contributed by atoms with Crippen LogP contribution in [0.15, 0.2) is 42.7 Å². The zero-order chi connectivity index (χ0) is 22.5. The summed E-state index contributed by atoms with van der Waals surface area (Å²) in [6.07, 6.45) is 2.02. The number of benzene rings is 1. The van der Waals surface area contributed by atoms with Crippen molar-refractivity contribution < 1.29 is 28.7 Å². The molecule has 2 heterocycles. The van der Waals surface area contributed by atoms with E-state index in [1.54, 1.807) is 24.3 Å². The van der Waals surface area contributed by atoms with Crippen LogP contribution in [0.5, 0.6) is 11.5 Å². The average molecular weight is 426 g/mol. The van der Waals surface area contributed by atoms with E-state index in [-0.39, 0.29) is 17.9 Å². The van der Waals surface area contributed by atoms with Crippen molar-refractivity contribution in [2.45, 2.75) is 0 Å². The van der Waals surface area contributed by atoms with Crippen LogP contribution in [0.25, 0.3) is 10.9 Å². The molecule has 6 N–H and O–H groups in total. The molecule has 12 heteroatoms. The fraction of sp³-hybridized carbons (Fsp3) is 0.105. The van der Waals surface area contributed by atoms with Crippen LogP contribution in [-0.4, -0.2) is 47.1 Å². The number of nitrogens with zero attached hydrogens (tertiary/aromatic N) is 2. The van der Waals surface area contributed by atoms with Crippen LogP contribution in [0.3, 0.4) is 0 Å². The minimum atomic E-state index is -0.720. The number of nitrogens with two attached hydrogens (primary N) is 2. The van der Waals surface area contributed by atoms with Gasteiger partial charge in [-0.25, -0.2) is 14.6 Å². The Kier molecular flexibility index (Phi) is 6.00. The molecule has 31 heavy (non-hydrogen) atoms. The Bertz CT molecular complexity index is 1190. The first-order valence-electron chi connectivity index (χ1n) is 8.78. The zero-order valence-corrected chi connectivity index (χ0v) is 16.2. The predicted molar refractivity (Wildman–Crippen MR) is 109 cm³/mol. The molecule has 0 spiro atoms. The summed E-state index contributed by atoms with van der Waals surface area (Å²) in [6, 6.07) is 7.03. The van der Waals surface area contributed by atoms with Gasteiger partial charge in [-0.2, -0.15) is 0 Å². The molecule has 2 aromatic heterocycles. The van der Waals surface area contributed by atoms with Crippen LogP contribution in [0.4, 0.5) is 15.4 Å². The van der Waals surface area contributed by atoms with Crippen molar-refractivity contribution >= 4 is 40.7 Å². The van der Waals surface area contributed by atoms with Crippen molar-refractivity contribution in [3.63, 3.8) is 0 Å². The van der Waals surface area contributed by atoms with Crippen molar-refractivity contribution in [2.24, 2.45) is 11.5 Å². The summed E-state index contributed by atoms with van der Waals surface area (Å²) in [5, 5.41) is 5.10. The molecule has 0 aliphatic rings. The van der Waals surface area contributed by atoms with E-state index in [1.807, 2.05) is 0 Å². The predicted octanol–water partition coefficient (Wildman–Crippen LogP) is 1.15. The number of carbonyl (C=O) groups is 4. The molecule has 0 saturated heterocycles. The smallest absolute Gasteiger partial charge is 0.418 e. The molecule has 0 aliphatic carbocycles. The Labute approximate surface area is 175 Å². The third-order valence-corrected chi connectivity index (χ3v) is 4.04. The van der Waals surface area contributed by atoms with E-state index < -0.39 is 23.9 Å². The third-order valence-electron chi connectivity index (χ3n) is 4.04. The van der Waals surface area contributed by atoms with Crippen molar-refractivity contribution in [3.8, 4) is 11.5 Å². The van der Waals surface area contributed by atoms with Crippen LogP contribution in [0.2, 0.25) is 0 Å². The van der Waals surface area contributed by atoms with Crippen molar-refractivity contribution in [1.82, 2.24) is 14.9 Å². The lowest BCUT2D eigenvalue weighted by molar-refractivity contribution is -0.117.